The van der Waals surface area contributed by atoms with Gasteiger partial charge in [0.15, 0.2) is 0 Å². The van der Waals surface area contributed by atoms with Gasteiger partial charge in [-0.05, 0) is 6.92 Å². The van der Waals surface area contributed by atoms with Crippen LogP contribution < -0.4 is 11.3 Å². The van der Waals surface area contributed by atoms with Gasteiger partial charge >= 0.3 is 0 Å². The Kier molecular flexibility index (Phi) is 1.22. The zero-order chi connectivity index (χ0) is 6.85. The number of hydrogen-bond acceptors (Lipinski definition) is 3. The van der Waals surface area contributed by atoms with Gasteiger partial charge < -0.3 is 10.7 Å². The van der Waals surface area contributed by atoms with E-state index in [4.69, 9.17) is 5.73 Å². The summed E-state index contributed by atoms with van der Waals surface area (Å²) in [5.74, 6) is 0.336. The molecule has 0 saturated carbocycles. The van der Waals surface area contributed by atoms with Gasteiger partial charge in [0.05, 0.1) is 11.9 Å². The lowest BCUT2D eigenvalue weighted by molar-refractivity contribution is 1.09. The van der Waals surface area contributed by atoms with E-state index >= 15 is 0 Å². The van der Waals surface area contributed by atoms with Gasteiger partial charge in [-0.3, -0.25) is 9.78 Å². The number of nitrogens with zero attached hydrogens (tertiary/aromatic N) is 1. The van der Waals surface area contributed by atoms with Crippen LogP contribution in [0, 0.1) is 6.92 Å². The molecule has 3 N–H and O–H groups in total. The van der Waals surface area contributed by atoms with E-state index in [2.05, 4.69) is 9.97 Å². The molecule has 0 amide bonds. The molecule has 0 aliphatic heterocycles. The summed E-state index contributed by atoms with van der Waals surface area (Å²) in [5.41, 5.74) is 5.68. The van der Waals surface area contributed by atoms with Crippen LogP contribution in [0.5, 0.6) is 0 Å². The average Bonchev–Trinajstić information content (AvgIpc) is 1.80. The second-order valence-electron chi connectivity index (χ2n) is 1.75. The maximum Gasteiger partial charge on any atom is 0.267 e. The predicted octanol–water partition coefficient (Wildman–Crippen LogP) is -0.339. The molecule has 0 unspecified atom stereocenters. The Morgan fingerprint density at radius 2 is 2.44 bits per heavy atom. The minimum Gasteiger partial charge on any atom is -0.384 e. The zero-order valence-electron chi connectivity index (χ0n) is 5.01. The van der Waals surface area contributed by atoms with E-state index in [-0.39, 0.29) is 5.56 Å². The molecule has 4 nitrogen and oxygen atoms in total. The monoisotopic (exact) mass is 125 g/mol. The number of nitrogen functional groups attached to an aromatic ring is 1. The Balaban J connectivity index is 3.34. The van der Waals surface area contributed by atoms with Crippen LogP contribution in [0.25, 0.3) is 0 Å². The second kappa shape index (κ2) is 1.89. The summed E-state index contributed by atoms with van der Waals surface area (Å²) in [6, 6.07) is 0. The summed E-state index contributed by atoms with van der Waals surface area (Å²) in [5, 5.41) is 0. The molecule has 1 aromatic heterocycles. The Morgan fingerprint density at radius 3 is 2.89 bits per heavy atom. The van der Waals surface area contributed by atoms with E-state index < -0.39 is 0 Å². The van der Waals surface area contributed by atoms with E-state index in [1.165, 1.54) is 6.20 Å². The second-order valence-corrected chi connectivity index (χ2v) is 1.75. The highest BCUT2D eigenvalue weighted by Gasteiger charge is 1.91. The highest BCUT2D eigenvalue weighted by molar-refractivity contribution is 5.31. The van der Waals surface area contributed by atoms with E-state index in [0.29, 0.717) is 11.5 Å². The first-order valence-electron chi connectivity index (χ1n) is 2.51. The van der Waals surface area contributed by atoms with Crippen LogP contribution in [0.4, 0.5) is 5.82 Å². The highest BCUT2D eigenvalue weighted by Crippen LogP contribution is 1.94. The number of anilines is 1. The summed E-state index contributed by atoms with van der Waals surface area (Å²) in [6.07, 6.45) is 1.20. The average molecular weight is 125 g/mol. The number of aromatic amines is 1. The molecule has 0 aliphatic carbocycles. The Hall–Kier alpha value is -1.32. The fourth-order valence-corrected chi connectivity index (χ4v) is 0.480. The topological polar surface area (TPSA) is 71.8 Å². The number of H-pyrrole nitrogens is 1. The van der Waals surface area contributed by atoms with Crippen LogP contribution in [-0.4, -0.2) is 9.97 Å². The largest absolute Gasteiger partial charge is 0.384 e. The molecule has 1 heterocycles. The maximum atomic E-state index is 10.4. The molecule has 0 fully saturated rings. The fourth-order valence-electron chi connectivity index (χ4n) is 0.480. The quantitative estimate of drug-likeness (QED) is 0.498. The third-order valence-electron chi connectivity index (χ3n) is 1.02. The molecule has 1 aromatic rings. The van der Waals surface area contributed by atoms with E-state index in [1.54, 1.807) is 6.92 Å². The van der Waals surface area contributed by atoms with Crippen molar-refractivity contribution in [3.05, 3.63) is 22.2 Å². The molecule has 9 heavy (non-hydrogen) atoms. The number of rotatable bonds is 0. The van der Waals surface area contributed by atoms with Gasteiger partial charge in [-0.15, -0.1) is 0 Å². The predicted molar refractivity (Wildman–Crippen MR) is 34.0 cm³/mol. The number of nitrogens with two attached hydrogens (primary N) is 1. The van der Waals surface area contributed by atoms with E-state index in [9.17, 15) is 4.79 Å². The SMILES string of the molecule is Cc1ncc(=O)[nH]c1N. The van der Waals surface area contributed by atoms with Crippen LogP contribution >= 0.6 is 0 Å². The van der Waals surface area contributed by atoms with E-state index in [1.807, 2.05) is 0 Å². The molecule has 0 spiro atoms. The molecular weight excluding hydrogens is 118 g/mol. The van der Waals surface area contributed by atoms with Crippen molar-refractivity contribution in [3.63, 3.8) is 0 Å². The smallest absolute Gasteiger partial charge is 0.267 e. The van der Waals surface area contributed by atoms with Gasteiger partial charge in [-0.25, -0.2) is 0 Å². The van der Waals surface area contributed by atoms with Crippen molar-refractivity contribution in [2.24, 2.45) is 0 Å². The van der Waals surface area contributed by atoms with Gasteiger partial charge in [0, 0.05) is 0 Å². The van der Waals surface area contributed by atoms with Crippen molar-refractivity contribution in [1.82, 2.24) is 9.97 Å². The van der Waals surface area contributed by atoms with Gasteiger partial charge in [0.25, 0.3) is 5.56 Å². The molecule has 1 rings (SSSR count). The lowest BCUT2D eigenvalue weighted by Crippen LogP contribution is -2.10. The Labute approximate surface area is 51.7 Å². The molecule has 0 radical (unpaired) electrons. The number of aryl methyl sites for hydroxylation is 1. The summed E-state index contributed by atoms with van der Waals surface area (Å²) in [4.78, 5) is 16.6. The lowest BCUT2D eigenvalue weighted by atomic mass is 10.5. The van der Waals surface area contributed by atoms with Crippen molar-refractivity contribution in [2.45, 2.75) is 6.92 Å². The van der Waals surface area contributed by atoms with Crippen LogP contribution in [0.15, 0.2) is 11.0 Å². The fraction of sp³-hybridized carbons (Fsp3) is 0.200. The molecular formula is C5H7N3O. The molecule has 48 valence electrons. The third-order valence-corrected chi connectivity index (χ3v) is 1.02. The third kappa shape index (κ3) is 1.07. The van der Waals surface area contributed by atoms with Crippen LogP contribution in [0.3, 0.4) is 0 Å². The van der Waals surface area contributed by atoms with E-state index in [0.717, 1.165) is 0 Å². The molecule has 0 aliphatic rings. The summed E-state index contributed by atoms with van der Waals surface area (Å²) >= 11 is 0. The van der Waals surface area contributed by atoms with Gasteiger partial charge in [0.1, 0.15) is 5.82 Å². The zero-order valence-corrected chi connectivity index (χ0v) is 5.01. The normalized spacial score (nSPS) is 9.44. The number of hydrogen-bond donors (Lipinski definition) is 2. The molecule has 0 atom stereocenters. The first kappa shape index (κ1) is 5.81. The summed E-state index contributed by atoms with van der Waals surface area (Å²) in [7, 11) is 0. The minimum absolute atomic E-state index is 0.266. The summed E-state index contributed by atoms with van der Waals surface area (Å²) < 4.78 is 0. The Bertz CT molecular complexity index is 265. The van der Waals surface area contributed by atoms with Crippen molar-refractivity contribution >= 4 is 5.82 Å². The number of aromatic nitrogens is 2. The van der Waals surface area contributed by atoms with Gasteiger partial charge in [-0.2, -0.15) is 0 Å². The maximum absolute atomic E-state index is 10.4. The molecule has 0 bridgehead atoms. The molecule has 0 aromatic carbocycles. The van der Waals surface area contributed by atoms with Crippen molar-refractivity contribution < 1.29 is 0 Å². The Morgan fingerprint density at radius 1 is 1.78 bits per heavy atom. The van der Waals surface area contributed by atoms with Crippen LogP contribution in [0.1, 0.15) is 5.69 Å². The highest BCUT2D eigenvalue weighted by atomic mass is 16.1. The van der Waals surface area contributed by atoms with Crippen LogP contribution in [0.2, 0.25) is 0 Å². The van der Waals surface area contributed by atoms with Crippen molar-refractivity contribution in [1.29, 1.82) is 0 Å². The van der Waals surface area contributed by atoms with Crippen molar-refractivity contribution in [2.75, 3.05) is 5.73 Å². The van der Waals surface area contributed by atoms with Gasteiger partial charge in [0.2, 0.25) is 0 Å². The first-order valence-corrected chi connectivity index (χ1v) is 2.51. The van der Waals surface area contributed by atoms with Gasteiger partial charge in [-0.1, -0.05) is 0 Å². The minimum atomic E-state index is -0.266. The number of nitrogens with one attached hydrogen (secondary N) is 1. The standard InChI is InChI=1S/C5H7N3O/c1-3-5(6)8-4(9)2-7-3/h2H,1H3,(H3,6,8,9). The first-order chi connectivity index (χ1) is 4.20. The summed E-state index contributed by atoms with van der Waals surface area (Å²) in [6.45, 7) is 1.73. The lowest BCUT2D eigenvalue weighted by Gasteiger charge is -1.93. The molecule has 4 heteroatoms. The van der Waals surface area contributed by atoms with Crippen LogP contribution in [-0.2, 0) is 0 Å². The van der Waals surface area contributed by atoms with Crippen molar-refractivity contribution in [3.8, 4) is 0 Å². The molecule has 0 saturated heterocycles.